The van der Waals surface area contributed by atoms with Gasteiger partial charge in [-0.15, -0.1) is 0 Å². The summed E-state index contributed by atoms with van der Waals surface area (Å²) >= 11 is 7.06. The fraction of sp³-hybridized carbons (Fsp3) is 0.294. The van der Waals surface area contributed by atoms with Gasteiger partial charge in [-0.1, -0.05) is 44.0 Å². The first-order valence-electron chi connectivity index (χ1n) is 7.06. The Labute approximate surface area is 141 Å². The van der Waals surface area contributed by atoms with Crippen molar-refractivity contribution in [2.75, 3.05) is 13.1 Å². The van der Waals surface area contributed by atoms with Crippen LogP contribution in [0.1, 0.15) is 29.4 Å². The van der Waals surface area contributed by atoms with Gasteiger partial charge in [0, 0.05) is 21.4 Å². The monoisotopic (exact) mass is 411 g/mol. The molecule has 1 heterocycles. The second kappa shape index (κ2) is 6.59. The highest BCUT2D eigenvalue weighted by Crippen LogP contribution is 2.40. The Kier molecular flexibility index (Phi) is 4.77. The third kappa shape index (κ3) is 3.38. The van der Waals surface area contributed by atoms with Crippen molar-refractivity contribution in [1.82, 2.24) is 5.32 Å². The molecule has 0 bridgehead atoms. The predicted molar refractivity (Wildman–Crippen MR) is 91.2 cm³/mol. The molecule has 3 rings (SSSR count). The average Bonchev–Trinajstić information content (AvgIpc) is 2.51. The van der Waals surface area contributed by atoms with E-state index in [9.17, 15) is 4.39 Å². The third-order valence-corrected chi connectivity index (χ3v) is 5.39. The van der Waals surface area contributed by atoms with Crippen LogP contribution in [0.3, 0.4) is 0 Å². The first-order valence-corrected chi connectivity index (χ1v) is 8.65. The summed E-state index contributed by atoms with van der Waals surface area (Å²) in [6.45, 7) is 1.90. The van der Waals surface area contributed by atoms with Crippen LogP contribution in [0.5, 0.6) is 0 Å². The molecular weight excluding hydrogens is 397 g/mol. The summed E-state index contributed by atoms with van der Waals surface area (Å²) < 4.78 is 15.7. The SMILES string of the molecule is Fc1ccc(Br)c(C2CCNCC2c2ccc(Br)cc2)c1. The zero-order chi connectivity index (χ0) is 14.8. The molecule has 21 heavy (non-hydrogen) atoms. The molecule has 2 aromatic rings. The van der Waals surface area contributed by atoms with Crippen molar-refractivity contribution in [2.45, 2.75) is 18.3 Å². The standard InChI is InChI=1S/C17H16Br2FN/c18-12-3-1-11(2-4-12)16-10-21-8-7-14(16)15-9-13(20)5-6-17(15)19/h1-6,9,14,16,21H,7-8,10H2. The molecule has 1 fully saturated rings. The van der Waals surface area contributed by atoms with E-state index in [2.05, 4.69) is 61.4 Å². The second-order valence-corrected chi connectivity index (χ2v) is 7.19. The Morgan fingerprint density at radius 1 is 1.00 bits per heavy atom. The first-order chi connectivity index (χ1) is 10.1. The maximum atomic E-state index is 13.6. The number of nitrogens with one attached hydrogen (secondary N) is 1. The highest BCUT2D eigenvalue weighted by atomic mass is 79.9. The molecule has 1 N–H and O–H groups in total. The van der Waals surface area contributed by atoms with Crippen LogP contribution in [-0.2, 0) is 0 Å². The molecule has 110 valence electrons. The van der Waals surface area contributed by atoms with Gasteiger partial charge in [0.2, 0.25) is 0 Å². The lowest BCUT2D eigenvalue weighted by Crippen LogP contribution is -2.34. The molecule has 2 atom stereocenters. The van der Waals surface area contributed by atoms with E-state index >= 15 is 0 Å². The van der Waals surface area contributed by atoms with Gasteiger partial charge in [-0.2, -0.15) is 0 Å². The van der Waals surface area contributed by atoms with Gasteiger partial charge >= 0.3 is 0 Å². The molecule has 0 amide bonds. The van der Waals surface area contributed by atoms with Gasteiger partial charge in [0.05, 0.1) is 0 Å². The minimum absolute atomic E-state index is 0.165. The van der Waals surface area contributed by atoms with Crippen molar-refractivity contribution in [3.05, 3.63) is 68.4 Å². The van der Waals surface area contributed by atoms with Crippen molar-refractivity contribution in [3.63, 3.8) is 0 Å². The summed E-state index contributed by atoms with van der Waals surface area (Å²) in [7, 11) is 0. The van der Waals surface area contributed by atoms with Gasteiger partial charge in [-0.25, -0.2) is 4.39 Å². The molecule has 1 aliphatic heterocycles. The normalized spacial score (nSPS) is 22.2. The Hall–Kier alpha value is -0.710. The minimum Gasteiger partial charge on any atom is -0.316 e. The zero-order valence-corrected chi connectivity index (χ0v) is 14.6. The first kappa shape index (κ1) is 15.2. The lowest BCUT2D eigenvalue weighted by Gasteiger charge is -2.33. The maximum absolute atomic E-state index is 13.6. The molecule has 2 aromatic carbocycles. The van der Waals surface area contributed by atoms with E-state index in [1.54, 1.807) is 6.07 Å². The third-order valence-electron chi connectivity index (χ3n) is 4.14. The number of benzene rings is 2. The summed E-state index contributed by atoms with van der Waals surface area (Å²) in [4.78, 5) is 0. The van der Waals surface area contributed by atoms with Gasteiger partial charge in [0.15, 0.2) is 0 Å². The number of halogens is 3. The quantitative estimate of drug-likeness (QED) is 0.713. The highest BCUT2D eigenvalue weighted by molar-refractivity contribution is 9.10. The van der Waals surface area contributed by atoms with E-state index in [0.29, 0.717) is 11.8 Å². The molecule has 1 nitrogen and oxygen atoms in total. The van der Waals surface area contributed by atoms with E-state index in [-0.39, 0.29) is 5.82 Å². The molecule has 2 unspecified atom stereocenters. The lowest BCUT2D eigenvalue weighted by molar-refractivity contribution is 0.402. The predicted octanol–water partition coefficient (Wildman–Crippen LogP) is 5.21. The van der Waals surface area contributed by atoms with Gasteiger partial charge in [-0.3, -0.25) is 0 Å². The molecule has 0 spiro atoms. The summed E-state index contributed by atoms with van der Waals surface area (Å²) in [5.74, 6) is 0.531. The fourth-order valence-corrected chi connectivity index (χ4v) is 3.89. The van der Waals surface area contributed by atoms with Crippen LogP contribution in [0.25, 0.3) is 0 Å². The van der Waals surface area contributed by atoms with Crippen molar-refractivity contribution in [1.29, 1.82) is 0 Å². The van der Waals surface area contributed by atoms with Crippen LogP contribution in [0.15, 0.2) is 51.4 Å². The summed E-state index contributed by atoms with van der Waals surface area (Å²) in [5.41, 5.74) is 2.37. The van der Waals surface area contributed by atoms with Crippen LogP contribution in [0.4, 0.5) is 4.39 Å². The summed E-state index contributed by atoms with van der Waals surface area (Å²) in [5, 5.41) is 3.46. The molecule has 1 saturated heterocycles. The largest absolute Gasteiger partial charge is 0.316 e. The number of hydrogen-bond donors (Lipinski definition) is 1. The van der Waals surface area contributed by atoms with Crippen molar-refractivity contribution < 1.29 is 4.39 Å². The topological polar surface area (TPSA) is 12.0 Å². The maximum Gasteiger partial charge on any atom is 0.123 e. The Morgan fingerprint density at radius 2 is 1.76 bits per heavy atom. The van der Waals surface area contributed by atoms with Crippen molar-refractivity contribution in [3.8, 4) is 0 Å². The van der Waals surface area contributed by atoms with Crippen LogP contribution in [-0.4, -0.2) is 13.1 Å². The van der Waals surface area contributed by atoms with Crippen LogP contribution in [0, 0.1) is 5.82 Å². The van der Waals surface area contributed by atoms with E-state index in [1.165, 1.54) is 11.6 Å². The van der Waals surface area contributed by atoms with E-state index in [4.69, 9.17) is 0 Å². The van der Waals surface area contributed by atoms with Gasteiger partial charge in [0.25, 0.3) is 0 Å². The Bertz CT molecular complexity index is 627. The number of rotatable bonds is 2. The van der Waals surface area contributed by atoms with Crippen LogP contribution < -0.4 is 5.32 Å². The van der Waals surface area contributed by atoms with Crippen LogP contribution in [0.2, 0.25) is 0 Å². The molecule has 1 aliphatic rings. The van der Waals surface area contributed by atoms with Gasteiger partial charge in [-0.05, 0) is 60.3 Å². The molecular formula is C17H16Br2FN. The highest BCUT2D eigenvalue weighted by Gasteiger charge is 2.29. The average molecular weight is 413 g/mol. The fourth-order valence-electron chi connectivity index (χ4n) is 3.09. The second-order valence-electron chi connectivity index (χ2n) is 5.42. The molecule has 4 heteroatoms. The minimum atomic E-state index is -0.165. The van der Waals surface area contributed by atoms with Gasteiger partial charge in [0.1, 0.15) is 5.82 Å². The molecule has 0 radical (unpaired) electrons. The number of piperidine rings is 1. The van der Waals surface area contributed by atoms with E-state index < -0.39 is 0 Å². The van der Waals surface area contributed by atoms with E-state index in [0.717, 1.165) is 34.0 Å². The number of hydrogen-bond acceptors (Lipinski definition) is 1. The summed E-state index contributed by atoms with van der Waals surface area (Å²) in [6, 6.07) is 13.4. The van der Waals surface area contributed by atoms with Crippen LogP contribution >= 0.6 is 31.9 Å². The van der Waals surface area contributed by atoms with Gasteiger partial charge < -0.3 is 5.32 Å². The van der Waals surface area contributed by atoms with E-state index in [1.807, 2.05) is 6.07 Å². The molecule has 0 aromatic heterocycles. The lowest BCUT2D eigenvalue weighted by atomic mass is 9.77. The van der Waals surface area contributed by atoms with Crippen molar-refractivity contribution >= 4 is 31.9 Å². The Morgan fingerprint density at radius 3 is 2.52 bits per heavy atom. The molecule has 0 aliphatic carbocycles. The Balaban J connectivity index is 1.98. The molecule has 0 saturated carbocycles. The summed E-state index contributed by atoms with van der Waals surface area (Å²) in [6.07, 6.45) is 1.02. The smallest absolute Gasteiger partial charge is 0.123 e. The zero-order valence-electron chi connectivity index (χ0n) is 11.5. The van der Waals surface area contributed by atoms with Crippen molar-refractivity contribution in [2.24, 2.45) is 0 Å².